The highest BCUT2D eigenvalue weighted by Crippen LogP contribution is 2.16. The van der Waals surface area contributed by atoms with Gasteiger partial charge in [-0.1, -0.05) is 20.8 Å². The maximum absolute atomic E-state index is 4.66. The van der Waals surface area contributed by atoms with Crippen molar-refractivity contribution in [1.82, 2.24) is 10.3 Å². The molecule has 0 amide bonds. The van der Waals surface area contributed by atoms with Gasteiger partial charge in [-0.2, -0.15) is 0 Å². The van der Waals surface area contributed by atoms with Crippen LogP contribution in [0.4, 0.5) is 5.82 Å². The van der Waals surface area contributed by atoms with Gasteiger partial charge in [-0.3, -0.25) is 0 Å². The highest BCUT2D eigenvalue weighted by molar-refractivity contribution is 5.42. The fourth-order valence-electron chi connectivity index (χ4n) is 2.08. The largest absolute Gasteiger partial charge is 0.357 e. The summed E-state index contributed by atoms with van der Waals surface area (Å²) in [5.74, 6) is 1.77. The molecule has 1 rings (SSSR count). The van der Waals surface area contributed by atoms with E-state index in [1.165, 1.54) is 5.56 Å². The second kappa shape index (κ2) is 7.37. The number of nitrogens with zero attached hydrogens (tertiary/aromatic N) is 2. The molecule has 1 N–H and O–H groups in total. The molecule has 1 aromatic rings. The third kappa shape index (κ3) is 4.65. The Morgan fingerprint density at radius 2 is 2.00 bits per heavy atom. The molecule has 0 spiro atoms. The minimum atomic E-state index is 0.657. The van der Waals surface area contributed by atoms with Gasteiger partial charge in [-0.05, 0) is 44.0 Å². The third-order valence-corrected chi connectivity index (χ3v) is 2.87. The van der Waals surface area contributed by atoms with E-state index in [-0.39, 0.29) is 0 Å². The van der Waals surface area contributed by atoms with E-state index in [0.29, 0.717) is 5.92 Å². The first-order valence-electron chi connectivity index (χ1n) is 7.00. The molecule has 0 aliphatic rings. The average Bonchev–Trinajstić information content (AvgIpc) is 2.32. The lowest BCUT2D eigenvalue weighted by Gasteiger charge is -2.25. The molecule has 102 valence electrons. The van der Waals surface area contributed by atoms with E-state index in [1.807, 2.05) is 0 Å². The molecule has 0 aromatic carbocycles. The summed E-state index contributed by atoms with van der Waals surface area (Å²) in [5.41, 5.74) is 2.42. The summed E-state index contributed by atoms with van der Waals surface area (Å²) in [4.78, 5) is 7.02. The van der Waals surface area contributed by atoms with Crippen LogP contribution in [0.15, 0.2) is 12.1 Å². The highest BCUT2D eigenvalue weighted by atomic mass is 15.2. The van der Waals surface area contributed by atoms with Crippen molar-refractivity contribution >= 4 is 5.82 Å². The van der Waals surface area contributed by atoms with Crippen LogP contribution in [0.25, 0.3) is 0 Å². The molecule has 0 fully saturated rings. The Bertz CT molecular complexity index is 361. The zero-order valence-corrected chi connectivity index (χ0v) is 12.5. The summed E-state index contributed by atoms with van der Waals surface area (Å²) < 4.78 is 0. The minimum absolute atomic E-state index is 0.657. The van der Waals surface area contributed by atoms with E-state index >= 15 is 0 Å². The summed E-state index contributed by atoms with van der Waals surface area (Å²) in [7, 11) is 0. The van der Waals surface area contributed by atoms with Crippen LogP contribution < -0.4 is 10.2 Å². The van der Waals surface area contributed by atoms with Gasteiger partial charge in [0.2, 0.25) is 0 Å². The molecule has 0 radical (unpaired) electrons. The Morgan fingerprint density at radius 3 is 2.56 bits per heavy atom. The van der Waals surface area contributed by atoms with E-state index in [1.54, 1.807) is 0 Å². The SMILES string of the molecule is CCNCc1cc(C)nc(N(CC)CC(C)C)c1. The molecule has 0 atom stereocenters. The lowest BCUT2D eigenvalue weighted by Crippen LogP contribution is -2.28. The Hall–Kier alpha value is -1.09. The maximum Gasteiger partial charge on any atom is 0.129 e. The summed E-state index contributed by atoms with van der Waals surface area (Å²) in [5, 5.41) is 3.37. The van der Waals surface area contributed by atoms with Gasteiger partial charge >= 0.3 is 0 Å². The Morgan fingerprint density at radius 1 is 1.28 bits per heavy atom. The lowest BCUT2D eigenvalue weighted by molar-refractivity contribution is 0.613. The predicted molar refractivity (Wildman–Crippen MR) is 79.1 cm³/mol. The van der Waals surface area contributed by atoms with Gasteiger partial charge < -0.3 is 10.2 Å². The number of rotatable bonds is 7. The molecule has 0 saturated heterocycles. The van der Waals surface area contributed by atoms with Crippen molar-refractivity contribution in [2.45, 2.75) is 41.2 Å². The van der Waals surface area contributed by atoms with Crippen molar-refractivity contribution in [2.24, 2.45) is 5.92 Å². The summed E-state index contributed by atoms with van der Waals surface area (Å²) in [6.45, 7) is 14.9. The first kappa shape index (κ1) is 15.0. The zero-order valence-electron chi connectivity index (χ0n) is 12.5. The monoisotopic (exact) mass is 249 g/mol. The fourth-order valence-corrected chi connectivity index (χ4v) is 2.08. The Balaban J connectivity index is 2.88. The molecule has 0 saturated carbocycles. The van der Waals surface area contributed by atoms with Crippen molar-refractivity contribution in [3.8, 4) is 0 Å². The van der Waals surface area contributed by atoms with E-state index < -0.39 is 0 Å². The van der Waals surface area contributed by atoms with Crippen molar-refractivity contribution in [3.05, 3.63) is 23.4 Å². The number of aromatic nitrogens is 1. The van der Waals surface area contributed by atoms with Crippen molar-refractivity contribution in [3.63, 3.8) is 0 Å². The number of hydrogen-bond acceptors (Lipinski definition) is 3. The van der Waals surface area contributed by atoms with Crippen LogP contribution in [0.2, 0.25) is 0 Å². The third-order valence-electron chi connectivity index (χ3n) is 2.87. The van der Waals surface area contributed by atoms with Gasteiger partial charge in [0.05, 0.1) is 0 Å². The summed E-state index contributed by atoms with van der Waals surface area (Å²) in [6, 6.07) is 4.37. The van der Waals surface area contributed by atoms with E-state index in [0.717, 1.165) is 37.7 Å². The predicted octanol–water partition coefficient (Wildman–Crippen LogP) is 2.98. The number of anilines is 1. The standard InChI is InChI=1S/C15H27N3/c1-6-16-10-14-8-13(5)17-15(9-14)18(7-2)11-12(3)4/h8-9,12,16H,6-7,10-11H2,1-5H3. The maximum atomic E-state index is 4.66. The summed E-state index contributed by atoms with van der Waals surface area (Å²) in [6.07, 6.45) is 0. The van der Waals surface area contributed by atoms with Crippen LogP contribution >= 0.6 is 0 Å². The molecule has 1 heterocycles. The molecule has 0 aliphatic heterocycles. The zero-order chi connectivity index (χ0) is 13.5. The number of aryl methyl sites for hydroxylation is 1. The van der Waals surface area contributed by atoms with Crippen LogP contribution in [-0.4, -0.2) is 24.6 Å². The van der Waals surface area contributed by atoms with E-state index in [9.17, 15) is 0 Å². The Labute approximate surface area is 112 Å². The second-order valence-electron chi connectivity index (χ2n) is 5.19. The normalized spacial score (nSPS) is 11.0. The van der Waals surface area contributed by atoms with Crippen LogP contribution in [0.3, 0.4) is 0 Å². The van der Waals surface area contributed by atoms with Gasteiger partial charge in [-0.25, -0.2) is 4.98 Å². The minimum Gasteiger partial charge on any atom is -0.357 e. The van der Waals surface area contributed by atoms with Gasteiger partial charge in [0.15, 0.2) is 0 Å². The van der Waals surface area contributed by atoms with Gasteiger partial charge in [-0.15, -0.1) is 0 Å². The van der Waals surface area contributed by atoms with Crippen LogP contribution in [-0.2, 0) is 6.54 Å². The highest BCUT2D eigenvalue weighted by Gasteiger charge is 2.09. The van der Waals surface area contributed by atoms with Crippen molar-refractivity contribution in [1.29, 1.82) is 0 Å². The molecule has 3 nitrogen and oxygen atoms in total. The van der Waals surface area contributed by atoms with Gasteiger partial charge in [0.1, 0.15) is 5.82 Å². The molecule has 0 aliphatic carbocycles. The number of hydrogen-bond donors (Lipinski definition) is 1. The van der Waals surface area contributed by atoms with Crippen molar-refractivity contribution in [2.75, 3.05) is 24.5 Å². The van der Waals surface area contributed by atoms with Crippen molar-refractivity contribution < 1.29 is 0 Å². The van der Waals surface area contributed by atoms with Gasteiger partial charge in [0, 0.05) is 25.3 Å². The number of pyridine rings is 1. The molecular weight excluding hydrogens is 222 g/mol. The topological polar surface area (TPSA) is 28.2 Å². The molecule has 0 unspecified atom stereocenters. The number of nitrogens with one attached hydrogen (secondary N) is 1. The molecule has 1 aromatic heterocycles. The van der Waals surface area contributed by atoms with E-state index in [2.05, 4.69) is 62.0 Å². The Kier molecular flexibility index (Phi) is 6.13. The smallest absolute Gasteiger partial charge is 0.129 e. The molecule has 0 bridgehead atoms. The molecular formula is C15H27N3. The van der Waals surface area contributed by atoms with Crippen LogP contribution in [0.1, 0.15) is 39.0 Å². The average molecular weight is 249 g/mol. The molecule has 3 heteroatoms. The first-order chi connectivity index (χ1) is 8.56. The fraction of sp³-hybridized carbons (Fsp3) is 0.667. The quantitative estimate of drug-likeness (QED) is 0.805. The second-order valence-corrected chi connectivity index (χ2v) is 5.19. The lowest BCUT2D eigenvalue weighted by atomic mass is 10.2. The molecule has 18 heavy (non-hydrogen) atoms. The van der Waals surface area contributed by atoms with Crippen LogP contribution in [0, 0.1) is 12.8 Å². The van der Waals surface area contributed by atoms with E-state index in [4.69, 9.17) is 0 Å². The first-order valence-corrected chi connectivity index (χ1v) is 7.00. The van der Waals surface area contributed by atoms with Gasteiger partial charge in [0.25, 0.3) is 0 Å². The summed E-state index contributed by atoms with van der Waals surface area (Å²) >= 11 is 0. The van der Waals surface area contributed by atoms with Crippen LogP contribution in [0.5, 0.6) is 0 Å².